The van der Waals surface area contributed by atoms with Crippen LogP contribution < -0.4 is 9.64 Å². The normalized spacial score (nSPS) is 15.4. The van der Waals surface area contributed by atoms with Crippen molar-refractivity contribution < 1.29 is 23.0 Å². The van der Waals surface area contributed by atoms with E-state index in [9.17, 15) is 13.6 Å². The van der Waals surface area contributed by atoms with Gasteiger partial charge in [-0.25, -0.2) is 13.6 Å². The van der Waals surface area contributed by atoms with Crippen LogP contribution in [0.2, 0.25) is 0 Å². The van der Waals surface area contributed by atoms with Gasteiger partial charge in [-0.3, -0.25) is 4.90 Å². The second-order valence-corrected chi connectivity index (χ2v) is 8.07. The van der Waals surface area contributed by atoms with E-state index >= 15 is 0 Å². The summed E-state index contributed by atoms with van der Waals surface area (Å²) in [5.74, 6) is -1.20. The molecule has 0 bridgehead atoms. The minimum atomic E-state index is -0.953. The van der Waals surface area contributed by atoms with E-state index in [-0.39, 0.29) is 18.6 Å². The minimum Gasteiger partial charge on any atom is -0.497 e. The molecule has 1 amide bonds. The number of ether oxygens (including phenoxy) is 2. The zero-order chi connectivity index (χ0) is 22.0. The molecule has 3 aromatic carbocycles. The smallest absolute Gasteiger partial charge is 0.415 e. The predicted octanol–water partition coefficient (Wildman–Crippen LogP) is 6.57. The van der Waals surface area contributed by atoms with Crippen LogP contribution in [0, 0.1) is 11.6 Å². The molecule has 1 aliphatic rings. The summed E-state index contributed by atoms with van der Waals surface area (Å²) in [6, 6.07) is 17.3. The van der Waals surface area contributed by atoms with Crippen LogP contribution in [0.15, 0.2) is 65.1 Å². The molecule has 0 saturated carbocycles. The van der Waals surface area contributed by atoms with Crippen LogP contribution in [0.5, 0.6) is 5.75 Å². The molecular formula is C24H20BrF2NO3. The highest BCUT2D eigenvalue weighted by Crippen LogP contribution is 2.45. The first-order valence-corrected chi connectivity index (χ1v) is 10.6. The molecule has 31 heavy (non-hydrogen) atoms. The van der Waals surface area contributed by atoms with Crippen molar-refractivity contribution in [1.82, 2.24) is 0 Å². The summed E-state index contributed by atoms with van der Waals surface area (Å²) in [5, 5.41) is 0. The fourth-order valence-corrected chi connectivity index (χ4v) is 4.47. The Labute approximate surface area is 187 Å². The second kappa shape index (κ2) is 9.06. The molecule has 0 spiro atoms. The van der Waals surface area contributed by atoms with Gasteiger partial charge in [0, 0.05) is 10.0 Å². The number of hydrogen-bond donors (Lipinski definition) is 0. The molecule has 4 nitrogen and oxygen atoms in total. The number of hydrogen-bond acceptors (Lipinski definition) is 3. The van der Waals surface area contributed by atoms with Crippen LogP contribution >= 0.6 is 15.9 Å². The van der Waals surface area contributed by atoms with Gasteiger partial charge < -0.3 is 9.47 Å². The standard InChI is InChI=1S/C24H20BrF2NO3/c1-30-17-9-7-16(8-10-17)21-12-11-18-22(27)20(26)13-19(25)23(18)28(21)24(29)31-14-15-5-3-2-4-6-15/h2-10,13,21H,11-12,14H2,1H3. The lowest BCUT2D eigenvalue weighted by Gasteiger charge is -2.37. The summed E-state index contributed by atoms with van der Waals surface area (Å²) in [5.41, 5.74) is 2.13. The third-order valence-corrected chi connectivity index (χ3v) is 5.97. The van der Waals surface area contributed by atoms with Crippen molar-refractivity contribution in [3.8, 4) is 5.75 Å². The highest BCUT2D eigenvalue weighted by molar-refractivity contribution is 9.10. The average molecular weight is 488 g/mol. The highest BCUT2D eigenvalue weighted by Gasteiger charge is 2.37. The van der Waals surface area contributed by atoms with Crippen LogP contribution in [0.25, 0.3) is 0 Å². The molecule has 3 aromatic rings. The summed E-state index contributed by atoms with van der Waals surface area (Å²) >= 11 is 3.32. The van der Waals surface area contributed by atoms with Crippen LogP contribution in [-0.4, -0.2) is 13.2 Å². The molecule has 4 rings (SSSR count). The van der Waals surface area contributed by atoms with E-state index in [1.165, 1.54) is 4.90 Å². The molecule has 0 N–H and O–H groups in total. The Hall–Kier alpha value is -2.93. The molecule has 1 aliphatic heterocycles. The number of fused-ring (bicyclic) bond motifs is 1. The number of carbonyl (C=O) groups excluding carboxylic acids is 1. The zero-order valence-corrected chi connectivity index (χ0v) is 18.4. The number of nitrogens with zero attached hydrogens (tertiary/aromatic N) is 1. The molecule has 160 valence electrons. The van der Waals surface area contributed by atoms with Gasteiger partial charge in [0.05, 0.1) is 18.8 Å². The highest BCUT2D eigenvalue weighted by atomic mass is 79.9. The van der Waals surface area contributed by atoms with Gasteiger partial charge in [0.25, 0.3) is 0 Å². The van der Waals surface area contributed by atoms with Crippen molar-refractivity contribution in [3.63, 3.8) is 0 Å². The number of carbonyl (C=O) groups is 1. The maximum absolute atomic E-state index is 14.6. The Morgan fingerprint density at radius 1 is 1.13 bits per heavy atom. The Morgan fingerprint density at radius 3 is 2.52 bits per heavy atom. The fraction of sp³-hybridized carbons (Fsp3) is 0.208. The summed E-state index contributed by atoms with van der Waals surface area (Å²) in [4.78, 5) is 14.6. The molecule has 0 aromatic heterocycles. The molecule has 0 aliphatic carbocycles. The van der Waals surface area contributed by atoms with Gasteiger partial charge >= 0.3 is 6.09 Å². The first-order valence-electron chi connectivity index (χ1n) is 9.80. The number of amides is 1. The first-order chi connectivity index (χ1) is 15.0. The van der Waals surface area contributed by atoms with Crippen LogP contribution in [0.4, 0.5) is 19.3 Å². The van der Waals surface area contributed by atoms with Crippen molar-refractivity contribution in [3.05, 3.63) is 93.5 Å². The summed E-state index contributed by atoms with van der Waals surface area (Å²) in [6.45, 7) is 0.0716. The molecule has 1 heterocycles. The molecule has 0 saturated heterocycles. The Bertz CT molecular complexity index is 1090. The molecular weight excluding hydrogens is 468 g/mol. The fourth-order valence-electron chi connectivity index (χ4n) is 3.84. The van der Waals surface area contributed by atoms with Crippen molar-refractivity contribution in [2.24, 2.45) is 0 Å². The summed E-state index contributed by atoms with van der Waals surface area (Å²) < 4.78 is 39.7. The summed E-state index contributed by atoms with van der Waals surface area (Å²) in [7, 11) is 1.58. The number of halogens is 3. The third-order valence-electron chi connectivity index (χ3n) is 5.36. The zero-order valence-electron chi connectivity index (χ0n) is 16.8. The van der Waals surface area contributed by atoms with Crippen LogP contribution in [0.3, 0.4) is 0 Å². The van der Waals surface area contributed by atoms with Gasteiger partial charge in [0.1, 0.15) is 12.4 Å². The van der Waals surface area contributed by atoms with Crippen LogP contribution in [0.1, 0.15) is 29.2 Å². The lowest BCUT2D eigenvalue weighted by Crippen LogP contribution is -2.39. The number of benzene rings is 3. The predicted molar refractivity (Wildman–Crippen MR) is 117 cm³/mol. The molecule has 0 radical (unpaired) electrons. The van der Waals surface area contributed by atoms with E-state index in [2.05, 4.69) is 15.9 Å². The molecule has 1 atom stereocenters. The van der Waals surface area contributed by atoms with Crippen molar-refractivity contribution in [2.75, 3.05) is 12.0 Å². The topological polar surface area (TPSA) is 38.8 Å². The van der Waals surface area contributed by atoms with E-state index in [4.69, 9.17) is 9.47 Å². The van der Waals surface area contributed by atoms with Gasteiger partial charge in [-0.1, -0.05) is 42.5 Å². The first kappa shape index (κ1) is 21.3. The van der Waals surface area contributed by atoms with Gasteiger partial charge in [-0.15, -0.1) is 0 Å². The van der Waals surface area contributed by atoms with E-state index < -0.39 is 23.8 Å². The Balaban J connectivity index is 1.73. The molecule has 0 fully saturated rings. The van der Waals surface area contributed by atoms with E-state index in [0.717, 1.165) is 17.2 Å². The lowest BCUT2D eigenvalue weighted by molar-refractivity contribution is 0.143. The minimum absolute atomic E-state index is 0.0716. The van der Waals surface area contributed by atoms with Gasteiger partial charge in [-0.05, 0) is 58.1 Å². The van der Waals surface area contributed by atoms with Crippen molar-refractivity contribution in [2.45, 2.75) is 25.5 Å². The SMILES string of the molecule is COc1ccc(C2CCc3c(F)c(F)cc(Br)c3N2C(=O)OCc2ccccc2)cc1. The largest absolute Gasteiger partial charge is 0.497 e. The average Bonchev–Trinajstić information content (AvgIpc) is 2.81. The molecule has 7 heteroatoms. The van der Waals surface area contributed by atoms with E-state index in [1.807, 2.05) is 42.5 Å². The quantitative estimate of drug-likeness (QED) is 0.390. The number of anilines is 1. The number of methoxy groups -OCH3 is 1. The van der Waals surface area contributed by atoms with Crippen molar-refractivity contribution in [1.29, 1.82) is 0 Å². The Morgan fingerprint density at radius 2 is 1.84 bits per heavy atom. The van der Waals surface area contributed by atoms with Crippen molar-refractivity contribution >= 4 is 27.7 Å². The Kier molecular flexibility index (Phi) is 6.23. The maximum atomic E-state index is 14.6. The molecule has 1 unspecified atom stereocenters. The van der Waals surface area contributed by atoms with Gasteiger partial charge in [0.15, 0.2) is 11.6 Å². The second-order valence-electron chi connectivity index (χ2n) is 7.22. The van der Waals surface area contributed by atoms with Crippen LogP contribution in [-0.2, 0) is 17.8 Å². The lowest BCUT2D eigenvalue weighted by atomic mass is 9.91. The van der Waals surface area contributed by atoms with E-state index in [0.29, 0.717) is 22.3 Å². The van der Waals surface area contributed by atoms with Gasteiger partial charge in [-0.2, -0.15) is 0 Å². The summed E-state index contributed by atoms with van der Waals surface area (Å²) in [6.07, 6.45) is 0.0841. The number of rotatable bonds is 4. The van der Waals surface area contributed by atoms with Gasteiger partial charge in [0.2, 0.25) is 0 Å². The van der Waals surface area contributed by atoms with E-state index in [1.54, 1.807) is 19.2 Å². The monoisotopic (exact) mass is 487 g/mol. The maximum Gasteiger partial charge on any atom is 0.415 e. The third kappa shape index (κ3) is 4.28.